The topological polar surface area (TPSA) is 86.7 Å². The molecule has 1 amide bonds. The average molecular weight is 498 g/mol. The molecule has 3 saturated heterocycles. The molecule has 0 aliphatic carbocycles. The number of aryl methyl sites for hydroxylation is 2. The molecule has 0 radical (unpaired) electrons. The van der Waals surface area contributed by atoms with Crippen LogP contribution < -0.4 is 4.31 Å². The lowest BCUT2D eigenvalue weighted by molar-refractivity contribution is 0.0771. The molecule has 3 atom stereocenters. The zero-order valence-electron chi connectivity index (χ0n) is 20.9. The number of likely N-dealkylation sites (tertiary alicyclic amines) is 2. The van der Waals surface area contributed by atoms with Gasteiger partial charge in [0.05, 0.1) is 22.7 Å². The van der Waals surface area contributed by atoms with E-state index in [-0.39, 0.29) is 17.6 Å². The predicted octanol–water partition coefficient (Wildman–Crippen LogP) is 2.83. The van der Waals surface area contributed by atoms with Gasteiger partial charge in [-0.25, -0.2) is 22.7 Å². The Balaban J connectivity index is 1.19. The first-order chi connectivity index (χ1) is 16.7. The molecule has 3 aliphatic rings. The first kappa shape index (κ1) is 24.2. The molecule has 0 saturated carbocycles. The van der Waals surface area contributed by atoms with Gasteiger partial charge in [-0.05, 0) is 56.6 Å². The monoisotopic (exact) mass is 497 g/mol. The standard InChI is InChI=1S/C26H35N5O3S/c1-18(21-8-5-4-6-9-21)10-12-29-14-22-16-30(17-23(22)15-29)25(32)24-19(2)27-26(28-20(24)3)31-11-7-13-35(31,33)34/h4-6,8-9,18,22-23H,7,10-17H2,1-3H3/t18-,22?,23?/m1/s1. The highest BCUT2D eigenvalue weighted by Crippen LogP contribution is 2.33. The van der Waals surface area contributed by atoms with Gasteiger partial charge in [0.15, 0.2) is 0 Å². The van der Waals surface area contributed by atoms with E-state index < -0.39 is 10.0 Å². The van der Waals surface area contributed by atoms with Crippen LogP contribution in [-0.2, 0) is 10.0 Å². The van der Waals surface area contributed by atoms with Crippen molar-refractivity contribution in [3.05, 3.63) is 52.8 Å². The molecule has 35 heavy (non-hydrogen) atoms. The van der Waals surface area contributed by atoms with E-state index >= 15 is 0 Å². The van der Waals surface area contributed by atoms with Crippen molar-refractivity contribution in [2.75, 3.05) is 49.3 Å². The smallest absolute Gasteiger partial charge is 0.257 e. The van der Waals surface area contributed by atoms with E-state index in [0.29, 0.717) is 47.7 Å². The second-order valence-corrected chi connectivity index (χ2v) is 12.4. The van der Waals surface area contributed by atoms with Gasteiger partial charge in [-0.1, -0.05) is 37.3 Å². The summed E-state index contributed by atoms with van der Waals surface area (Å²) in [5, 5.41) is 0. The lowest BCUT2D eigenvalue weighted by Gasteiger charge is -2.24. The first-order valence-electron chi connectivity index (χ1n) is 12.6. The Morgan fingerprint density at radius 2 is 1.66 bits per heavy atom. The highest BCUT2D eigenvalue weighted by molar-refractivity contribution is 7.93. The van der Waals surface area contributed by atoms with E-state index in [1.807, 2.05) is 4.90 Å². The van der Waals surface area contributed by atoms with Crippen molar-refractivity contribution in [2.45, 2.75) is 39.5 Å². The third-order valence-corrected chi connectivity index (χ3v) is 9.71. The number of carbonyl (C=O) groups excluding carboxylic acids is 1. The number of sulfonamides is 1. The first-order valence-corrected chi connectivity index (χ1v) is 14.3. The van der Waals surface area contributed by atoms with Gasteiger partial charge >= 0.3 is 0 Å². The number of amides is 1. The maximum Gasteiger partial charge on any atom is 0.257 e. The lowest BCUT2D eigenvalue weighted by Crippen LogP contribution is -2.35. The number of carbonyl (C=O) groups is 1. The van der Waals surface area contributed by atoms with Crippen LogP contribution in [0.3, 0.4) is 0 Å². The molecule has 0 N–H and O–H groups in total. The minimum atomic E-state index is -3.36. The summed E-state index contributed by atoms with van der Waals surface area (Å²) < 4.78 is 25.8. The van der Waals surface area contributed by atoms with Crippen molar-refractivity contribution in [1.82, 2.24) is 19.8 Å². The Bertz CT molecular complexity index is 1170. The van der Waals surface area contributed by atoms with Crippen LogP contribution in [0.1, 0.15) is 53.0 Å². The number of fused-ring (bicyclic) bond motifs is 1. The van der Waals surface area contributed by atoms with Crippen LogP contribution in [0.25, 0.3) is 0 Å². The molecular formula is C26H35N5O3S. The van der Waals surface area contributed by atoms with Crippen molar-refractivity contribution < 1.29 is 13.2 Å². The summed E-state index contributed by atoms with van der Waals surface area (Å²) in [6.07, 6.45) is 1.71. The second-order valence-electron chi connectivity index (χ2n) is 10.4. The van der Waals surface area contributed by atoms with Gasteiger partial charge < -0.3 is 9.80 Å². The maximum atomic E-state index is 13.4. The number of nitrogens with zero attached hydrogens (tertiary/aromatic N) is 5. The fourth-order valence-corrected chi connectivity index (χ4v) is 7.36. The molecule has 2 aromatic rings. The summed E-state index contributed by atoms with van der Waals surface area (Å²) in [7, 11) is -3.36. The molecule has 0 spiro atoms. The zero-order valence-corrected chi connectivity index (χ0v) is 21.7. The third kappa shape index (κ3) is 4.80. The van der Waals surface area contributed by atoms with Crippen LogP contribution in [-0.4, -0.2) is 79.1 Å². The van der Waals surface area contributed by atoms with Gasteiger partial charge in [-0.15, -0.1) is 0 Å². The number of hydrogen-bond acceptors (Lipinski definition) is 6. The van der Waals surface area contributed by atoms with E-state index in [0.717, 1.165) is 39.1 Å². The van der Waals surface area contributed by atoms with E-state index in [4.69, 9.17) is 0 Å². The molecule has 8 nitrogen and oxygen atoms in total. The zero-order chi connectivity index (χ0) is 24.7. The third-order valence-electron chi connectivity index (χ3n) is 7.89. The fraction of sp³-hybridized carbons (Fsp3) is 0.577. The molecule has 2 unspecified atom stereocenters. The highest BCUT2D eigenvalue weighted by Gasteiger charge is 2.42. The number of aromatic nitrogens is 2. The molecule has 5 rings (SSSR count). The number of anilines is 1. The minimum absolute atomic E-state index is 0.0329. The lowest BCUT2D eigenvalue weighted by atomic mass is 9.98. The molecule has 0 bridgehead atoms. The Morgan fingerprint density at radius 3 is 2.23 bits per heavy atom. The molecule has 9 heteroatoms. The molecule has 1 aromatic heterocycles. The van der Waals surface area contributed by atoms with Crippen LogP contribution in [0.15, 0.2) is 30.3 Å². The van der Waals surface area contributed by atoms with Crippen LogP contribution in [0.4, 0.5) is 5.95 Å². The van der Waals surface area contributed by atoms with Crippen LogP contribution in [0.5, 0.6) is 0 Å². The quantitative estimate of drug-likeness (QED) is 0.610. The summed E-state index contributed by atoms with van der Waals surface area (Å²) >= 11 is 0. The molecule has 4 heterocycles. The summed E-state index contributed by atoms with van der Waals surface area (Å²) in [5.74, 6) is 1.82. The molecule has 188 valence electrons. The fourth-order valence-electron chi connectivity index (χ4n) is 5.91. The Kier molecular flexibility index (Phi) is 6.57. The Labute approximate surface area is 208 Å². The van der Waals surface area contributed by atoms with Crippen molar-refractivity contribution in [2.24, 2.45) is 11.8 Å². The Morgan fingerprint density at radius 1 is 1.03 bits per heavy atom. The predicted molar refractivity (Wildman–Crippen MR) is 136 cm³/mol. The van der Waals surface area contributed by atoms with Gasteiger partial charge in [0.25, 0.3) is 5.91 Å². The summed E-state index contributed by atoms with van der Waals surface area (Å²) in [6, 6.07) is 10.7. The van der Waals surface area contributed by atoms with E-state index in [9.17, 15) is 13.2 Å². The van der Waals surface area contributed by atoms with E-state index in [1.165, 1.54) is 9.87 Å². The minimum Gasteiger partial charge on any atom is -0.338 e. The highest BCUT2D eigenvalue weighted by atomic mass is 32.2. The van der Waals surface area contributed by atoms with Crippen LogP contribution in [0, 0.1) is 25.7 Å². The van der Waals surface area contributed by atoms with Gasteiger partial charge in [-0.2, -0.15) is 0 Å². The van der Waals surface area contributed by atoms with Crippen molar-refractivity contribution in [3.63, 3.8) is 0 Å². The molecule has 1 aromatic carbocycles. The second kappa shape index (κ2) is 9.50. The van der Waals surface area contributed by atoms with E-state index in [1.54, 1.807) is 13.8 Å². The van der Waals surface area contributed by atoms with Crippen molar-refractivity contribution >= 4 is 21.9 Å². The summed E-state index contributed by atoms with van der Waals surface area (Å²) in [6.45, 7) is 10.9. The number of rotatable bonds is 6. The Hall–Kier alpha value is -2.52. The molecular weight excluding hydrogens is 462 g/mol. The van der Waals surface area contributed by atoms with Gasteiger partial charge in [0.1, 0.15) is 0 Å². The van der Waals surface area contributed by atoms with Gasteiger partial charge in [0.2, 0.25) is 16.0 Å². The SMILES string of the molecule is Cc1nc(N2CCCS2(=O)=O)nc(C)c1C(=O)N1CC2CN(CC[C@@H](C)c3ccccc3)CC2C1. The number of benzene rings is 1. The average Bonchev–Trinajstić information content (AvgIpc) is 3.49. The van der Waals surface area contributed by atoms with Crippen molar-refractivity contribution in [3.8, 4) is 0 Å². The largest absolute Gasteiger partial charge is 0.338 e. The maximum absolute atomic E-state index is 13.4. The summed E-state index contributed by atoms with van der Waals surface area (Å²) in [4.78, 5) is 26.8. The van der Waals surface area contributed by atoms with Crippen molar-refractivity contribution in [1.29, 1.82) is 0 Å². The summed E-state index contributed by atoms with van der Waals surface area (Å²) in [5.41, 5.74) is 3.00. The molecule has 3 fully saturated rings. The van der Waals surface area contributed by atoms with E-state index in [2.05, 4.69) is 52.1 Å². The van der Waals surface area contributed by atoms with Gasteiger partial charge in [0, 0.05) is 32.7 Å². The van der Waals surface area contributed by atoms with Gasteiger partial charge in [-0.3, -0.25) is 4.79 Å². The number of hydrogen-bond donors (Lipinski definition) is 0. The van der Waals surface area contributed by atoms with Crippen LogP contribution >= 0.6 is 0 Å². The molecule has 3 aliphatic heterocycles. The normalized spacial score (nSPS) is 24.7. The van der Waals surface area contributed by atoms with Crippen LogP contribution in [0.2, 0.25) is 0 Å².